The fourth-order valence-electron chi connectivity index (χ4n) is 2.94. The average molecular weight is 356 g/mol. The summed E-state index contributed by atoms with van der Waals surface area (Å²) in [4.78, 5) is 17.3. The Kier molecular flexibility index (Phi) is 5.27. The molecular formula is C19H24N4O3. The third-order valence-electron chi connectivity index (χ3n) is 4.22. The van der Waals surface area contributed by atoms with Crippen LogP contribution in [0, 0.1) is 6.92 Å². The molecule has 0 aliphatic heterocycles. The number of benzene rings is 1. The van der Waals surface area contributed by atoms with Gasteiger partial charge in [-0.1, -0.05) is 18.2 Å². The van der Waals surface area contributed by atoms with Crippen molar-refractivity contribution in [2.45, 2.75) is 26.3 Å². The molecule has 2 aromatic heterocycles. The van der Waals surface area contributed by atoms with Crippen molar-refractivity contribution < 1.29 is 9.84 Å². The van der Waals surface area contributed by atoms with Gasteiger partial charge in [-0.25, -0.2) is 0 Å². The first-order valence-electron chi connectivity index (χ1n) is 8.62. The van der Waals surface area contributed by atoms with Crippen LogP contribution in [-0.2, 0) is 13.0 Å². The van der Waals surface area contributed by atoms with E-state index in [4.69, 9.17) is 4.74 Å². The molecule has 3 aromatic rings. The van der Waals surface area contributed by atoms with E-state index in [-0.39, 0.29) is 11.4 Å². The Balaban J connectivity index is 1.78. The first-order valence-corrected chi connectivity index (χ1v) is 8.62. The molecule has 0 radical (unpaired) electrons. The number of nitrogens with one attached hydrogen (secondary N) is 1. The largest absolute Gasteiger partial charge is 0.494 e. The van der Waals surface area contributed by atoms with E-state index < -0.39 is 0 Å². The summed E-state index contributed by atoms with van der Waals surface area (Å²) < 4.78 is 7.06. The first-order chi connectivity index (χ1) is 12.5. The number of hydrogen-bond acceptors (Lipinski definition) is 5. The van der Waals surface area contributed by atoms with Crippen LogP contribution >= 0.6 is 0 Å². The lowest BCUT2D eigenvalue weighted by atomic mass is 10.2. The lowest BCUT2D eigenvalue weighted by molar-refractivity contribution is 0.309. The second-order valence-electron chi connectivity index (χ2n) is 6.58. The van der Waals surface area contributed by atoms with Crippen molar-refractivity contribution in [2.24, 2.45) is 0 Å². The van der Waals surface area contributed by atoms with Crippen molar-refractivity contribution in [3.8, 4) is 11.6 Å². The zero-order valence-electron chi connectivity index (χ0n) is 15.3. The molecule has 2 N–H and O–H groups in total. The monoisotopic (exact) mass is 356 g/mol. The standard InChI is InChI=1S/C19H24N4O3/c1-13-16(12-22(2)3)17-20-18(24)15(19(25)23(17)21-13)10-7-11-26-14-8-5-4-6-9-14/h4-6,8-9,25H,7,10-12H2,1-3H3,(H,20,24). The number of ether oxygens (including phenoxy) is 1. The molecule has 0 saturated heterocycles. The molecular weight excluding hydrogens is 332 g/mol. The molecule has 0 spiro atoms. The Hall–Kier alpha value is -2.80. The maximum absolute atomic E-state index is 12.5. The molecule has 0 bridgehead atoms. The third-order valence-corrected chi connectivity index (χ3v) is 4.22. The van der Waals surface area contributed by atoms with Crippen LogP contribution in [0.3, 0.4) is 0 Å². The summed E-state index contributed by atoms with van der Waals surface area (Å²) in [6, 6.07) is 9.51. The van der Waals surface area contributed by atoms with Crippen LogP contribution in [-0.4, -0.2) is 45.3 Å². The zero-order valence-corrected chi connectivity index (χ0v) is 15.3. The summed E-state index contributed by atoms with van der Waals surface area (Å²) in [5.41, 5.74) is 2.28. The molecule has 2 heterocycles. The highest BCUT2D eigenvalue weighted by Gasteiger charge is 2.18. The number of fused-ring (bicyclic) bond motifs is 1. The van der Waals surface area contributed by atoms with Crippen molar-refractivity contribution in [2.75, 3.05) is 20.7 Å². The third kappa shape index (κ3) is 3.72. The minimum Gasteiger partial charge on any atom is -0.494 e. The predicted octanol–water partition coefficient (Wildman–Crippen LogP) is 2.11. The molecule has 0 unspecified atom stereocenters. The molecule has 0 amide bonds. The second-order valence-corrected chi connectivity index (χ2v) is 6.58. The van der Waals surface area contributed by atoms with Crippen LogP contribution in [0.5, 0.6) is 11.6 Å². The van der Waals surface area contributed by atoms with E-state index in [2.05, 4.69) is 10.1 Å². The van der Waals surface area contributed by atoms with E-state index in [0.29, 0.717) is 37.2 Å². The molecule has 7 nitrogen and oxygen atoms in total. The Morgan fingerprint density at radius 2 is 1.96 bits per heavy atom. The van der Waals surface area contributed by atoms with Gasteiger partial charge in [-0.2, -0.15) is 9.61 Å². The van der Waals surface area contributed by atoms with Gasteiger partial charge in [0.05, 0.1) is 17.9 Å². The van der Waals surface area contributed by atoms with Crippen LogP contribution in [0.2, 0.25) is 0 Å². The van der Waals surface area contributed by atoms with Gasteiger partial charge >= 0.3 is 0 Å². The molecule has 0 fully saturated rings. The number of aromatic hydroxyl groups is 1. The summed E-state index contributed by atoms with van der Waals surface area (Å²) >= 11 is 0. The number of aromatic amines is 1. The predicted molar refractivity (Wildman–Crippen MR) is 99.9 cm³/mol. The molecule has 0 aliphatic rings. The highest BCUT2D eigenvalue weighted by molar-refractivity contribution is 5.52. The number of hydrogen-bond donors (Lipinski definition) is 2. The van der Waals surface area contributed by atoms with Crippen LogP contribution in [0.15, 0.2) is 35.1 Å². The van der Waals surface area contributed by atoms with E-state index in [1.165, 1.54) is 4.52 Å². The van der Waals surface area contributed by atoms with Crippen molar-refractivity contribution in [3.63, 3.8) is 0 Å². The lowest BCUT2D eigenvalue weighted by Crippen LogP contribution is -2.18. The van der Waals surface area contributed by atoms with Gasteiger partial charge in [-0.15, -0.1) is 0 Å². The number of nitrogens with zero attached hydrogens (tertiary/aromatic N) is 3. The molecule has 0 saturated carbocycles. The topological polar surface area (TPSA) is 82.9 Å². The van der Waals surface area contributed by atoms with E-state index >= 15 is 0 Å². The average Bonchev–Trinajstić information content (AvgIpc) is 2.91. The Morgan fingerprint density at radius 1 is 1.23 bits per heavy atom. The zero-order chi connectivity index (χ0) is 18.7. The maximum atomic E-state index is 12.5. The Labute approximate surface area is 151 Å². The highest BCUT2D eigenvalue weighted by Crippen LogP contribution is 2.21. The fourth-order valence-corrected chi connectivity index (χ4v) is 2.94. The molecule has 7 heteroatoms. The molecule has 1 aromatic carbocycles. The van der Waals surface area contributed by atoms with Gasteiger partial charge in [0.1, 0.15) is 11.4 Å². The second kappa shape index (κ2) is 7.61. The highest BCUT2D eigenvalue weighted by atomic mass is 16.5. The van der Waals surface area contributed by atoms with Crippen LogP contribution in [0.4, 0.5) is 0 Å². The Morgan fingerprint density at radius 3 is 2.65 bits per heavy atom. The van der Waals surface area contributed by atoms with Crippen molar-refractivity contribution in [1.29, 1.82) is 0 Å². The number of aryl methyl sites for hydroxylation is 1. The quantitative estimate of drug-likeness (QED) is 0.634. The van der Waals surface area contributed by atoms with E-state index in [9.17, 15) is 9.90 Å². The number of aromatic nitrogens is 3. The van der Waals surface area contributed by atoms with Crippen LogP contribution in [0.25, 0.3) is 5.65 Å². The van der Waals surface area contributed by atoms with Gasteiger partial charge in [0, 0.05) is 12.1 Å². The summed E-state index contributed by atoms with van der Waals surface area (Å²) in [6.45, 7) is 2.97. The molecule has 0 atom stereocenters. The van der Waals surface area contributed by atoms with Gasteiger partial charge in [-0.3, -0.25) is 4.79 Å². The van der Waals surface area contributed by atoms with E-state index in [1.54, 1.807) is 0 Å². The van der Waals surface area contributed by atoms with Gasteiger partial charge in [0.25, 0.3) is 5.56 Å². The van der Waals surface area contributed by atoms with Gasteiger partial charge in [-0.05, 0) is 46.0 Å². The maximum Gasteiger partial charge on any atom is 0.258 e. The number of para-hydroxylation sites is 1. The van der Waals surface area contributed by atoms with Gasteiger partial charge in [0.15, 0.2) is 0 Å². The molecule has 0 aliphatic carbocycles. The number of rotatable bonds is 7. The first kappa shape index (κ1) is 18.0. The normalized spacial score (nSPS) is 11.4. The van der Waals surface area contributed by atoms with E-state index in [1.807, 2.05) is 56.3 Å². The summed E-state index contributed by atoms with van der Waals surface area (Å²) in [5, 5.41) is 14.9. The smallest absolute Gasteiger partial charge is 0.258 e. The summed E-state index contributed by atoms with van der Waals surface area (Å²) in [6.07, 6.45) is 1.02. The molecule has 138 valence electrons. The van der Waals surface area contributed by atoms with Crippen molar-refractivity contribution in [1.82, 2.24) is 19.5 Å². The van der Waals surface area contributed by atoms with Gasteiger partial charge in [0.2, 0.25) is 5.88 Å². The Bertz CT molecular complexity index is 945. The van der Waals surface area contributed by atoms with Crippen LogP contribution < -0.4 is 10.3 Å². The summed E-state index contributed by atoms with van der Waals surface area (Å²) in [5.74, 6) is 0.689. The minimum absolute atomic E-state index is 0.100. The van der Waals surface area contributed by atoms with E-state index in [0.717, 1.165) is 17.0 Å². The molecule has 3 rings (SSSR count). The SMILES string of the molecule is Cc1nn2c(O)c(CCCOc3ccccc3)c(=O)[nH]c2c1CN(C)C. The van der Waals surface area contributed by atoms with Crippen LogP contribution in [0.1, 0.15) is 23.2 Å². The fraction of sp³-hybridized carbons (Fsp3) is 0.368. The lowest BCUT2D eigenvalue weighted by Gasteiger charge is -2.10. The van der Waals surface area contributed by atoms with Gasteiger partial charge < -0.3 is 19.7 Å². The minimum atomic E-state index is -0.283. The molecule has 26 heavy (non-hydrogen) atoms. The summed E-state index contributed by atoms with van der Waals surface area (Å²) in [7, 11) is 3.89. The number of H-pyrrole nitrogens is 1. The van der Waals surface area contributed by atoms with Crippen molar-refractivity contribution >= 4 is 5.65 Å². The van der Waals surface area contributed by atoms with Crippen molar-refractivity contribution in [3.05, 3.63) is 57.5 Å².